The molecule has 0 aliphatic heterocycles. The molecule has 4 heteroatoms. The van der Waals surface area contributed by atoms with Crippen molar-refractivity contribution in [1.29, 1.82) is 0 Å². The van der Waals surface area contributed by atoms with Gasteiger partial charge in [0.25, 0.3) is 0 Å². The van der Waals surface area contributed by atoms with Gasteiger partial charge >= 0.3 is 5.63 Å². The molecular weight excluding hydrogens is 244 g/mol. The van der Waals surface area contributed by atoms with Gasteiger partial charge in [-0.05, 0) is 30.5 Å². The molecule has 1 aromatic heterocycles. The summed E-state index contributed by atoms with van der Waals surface area (Å²) in [5, 5.41) is 0.954. The van der Waals surface area contributed by atoms with Crippen LogP contribution in [0.3, 0.4) is 0 Å². The summed E-state index contributed by atoms with van der Waals surface area (Å²) in [6.07, 6.45) is 0.858. The Morgan fingerprint density at radius 2 is 2.00 bits per heavy atom. The van der Waals surface area contributed by atoms with Crippen molar-refractivity contribution >= 4 is 11.0 Å². The molecule has 102 valence electrons. The van der Waals surface area contributed by atoms with Gasteiger partial charge in [-0.2, -0.15) is 0 Å². The normalized spacial score (nSPS) is 10.9. The summed E-state index contributed by atoms with van der Waals surface area (Å²) in [5.74, 6) is 0.751. The van der Waals surface area contributed by atoms with E-state index in [0.29, 0.717) is 18.8 Å². The molecule has 1 aromatic carbocycles. The number of methoxy groups -OCH3 is 1. The smallest absolute Gasteiger partial charge is 0.336 e. The van der Waals surface area contributed by atoms with Gasteiger partial charge in [0.1, 0.15) is 17.9 Å². The molecule has 0 unspecified atom stereocenters. The monoisotopic (exact) mass is 262 g/mol. The lowest BCUT2D eigenvalue weighted by molar-refractivity contribution is 0.146. The summed E-state index contributed by atoms with van der Waals surface area (Å²) < 4.78 is 15.9. The number of hydrogen-bond acceptors (Lipinski definition) is 4. The second kappa shape index (κ2) is 5.89. The second-order valence-corrected chi connectivity index (χ2v) is 4.40. The lowest BCUT2D eigenvalue weighted by Gasteiger charge is -2.12. The maximum Gasteiger partial charge on any atom is 0.336 e. The summed E-state index contributed by atoms with van der Waals surface area (Å²) >= 11 is 0. The maximum absolute atomic E-state index is 11.4. The van der Waals surface area contributed by atoms with Gasteiger partial charge in [0.2, 0.25) is 0 Å². The SMILES string of the molecule is CCc1cc2c(C)cc(=O)oc2cc1OCCOC. The molecule has 0 amide bonds. The fourth-order valence-corrected chi connectivity index (χ4v) is 2.04. The second-order valence-electron chi connectivity index (χ2n) is 4.40. The van der Waals surface area contributed by atoms with Gasteiger partial charge < -0.3 is 13.9 Å². The van der Waals surface area contributed by atoms with E-state index in [1.54, 1.807) is 13.2 Å². The summed E-state index contributed by atoms with van der Waals surface area (Å²) in [6.45, 7) is 4.98. The number of rotatable bonds is 5. The zero-order chi connectivity index (χ0) is 13.8. The van der Waals surface area contributed by atoms with E-state index in [1.807, 2.05) is 13.0 Å². The molecule has 0 saturated heterocycles. The Kier molecular flexibility index (Phi) is 4.22. The summed E-state index contributed by atoms with van der Waals surface area (Å²) in [6, 6.07) is 5.32. The Balaban J connectivity index is 2.48. The Morgan fingerprint density at radius 1 is 1.21 bits per heavy atom. The molecular formula is C15H18O4. The average Bonchev–Trinajstić information content (AvgIpc) is 2.38. The highest BCUT2D eigenvalue weighted by molar-refractivity contribution is 5.82. The largest absolute Gasteiger partial charge is 0.491 e. The van der Waals surface area contributed by atoms with Crippen molar-refractivity contribution in [1.82, 2.24) is 0 Å². The van der Waals surface area contributed by atoms with Crippen molar-refractivity contribution in [2.45, 2.75) is 20.3 Å². The standard InChI is InChI=1S/C15H18O4/c1-4-11-8-12-10(2)7-15(16)19-14(12)9-13(11)18-6-5-17-3/h7-9H,4-6H2,1-3H3. The number of benzene rings is 1. The summed E-state index contributed by atoms with van der Waals surface area (Å²) in [5.41, 5.74) is 2.25. The van der Waals surface area contributed by atoms with Gasteiger partial charge in [-0.3, -0.25) is 0 Å². The minimum absolute atomic E-state index is 0.336. The number of hydrogen-bond donors (Lipinski definition) is 0. The van der Waals surface area contributed by atoms with Crippen LogP contribution >= 0.6 is 0 Å². The first-order valence-electron chi connectivity index (χ1n) is 6.34. The van der Waals surface area contributed by atoms with E-state index >= 15 is 0 Å². The molecule has 19 heavy (non-hydrogen) atoms. The third-order valence-corrected chi connectivity index (χ3v) is 3.06. The van der Waals surface area contributed by atoms with E-state index in [-0.39, 0.29) is 5.63 Å². The highest BCUT2D eigenvalue weighted by Gasteiger charge is 2.09. The molecule has 0 aliphatic rings. The van der Waals surface area contributed by atoms with Gasteiger partial charge in [-0.15, -0.1) is 0 Å². The first-order chi connectivity index (χ1) is 9.15. The Morgan fingerprint density at radius 3 is 2.68 bits per heavy atom. The van der Waals surface area contributed by atoms with Crippen LogP contribution in [0.15, 0.2) is 27.4 Å². The van der Waals surface area contributed by atoms with Gasteiger partial charge in [0, 0.05) is 24.6 Å². The van der Waals surface area contributed by atoms with Gasteiger partial charge in [-0.25, -0.2) is 4.79 Å². The highest BCUT2D eigenvalue weighted by Crippen LogP contribution is 2.27. The Hall–Kier alpha value is -1.81. The molecule has 0 radical (unpaired) electrons. The van der Waals surface area contributed by atoms with Gasteiger partial charge in [0.05, 0.1) is 6.61 Å². The first-order valence-corrected chi connectivity index (χ1v) is 6.34. The van der Waals surface area contributed by atoms with Crippen LogP contribution in [0.2, 0.25) is 0 Å². The first kappa shape index (κ1) is 13.6. The molecule has 2 rings (SSSR count). The molecule has 0 spiro atoms. The minimum Gasteiger partial charge on any atom is -0.491 e. The van der Waals surface area contributed by atoms with Gasteiger partial charge in [-0.1, -0.05) is 6.92 Å². The van der Waals surface area contributed by atoms with Crippen LogP contribution in [0, 0.1) is 6.92 Å². The number of ether oxygens (including phenoxy) is 2. The highest BCUT2D eigenvalue weighted by atomic mass is 16.5. The van der Waals surface area contributed by atoms with Crippen LogP contribution in [0.1, 0.15) is 18.1 Å². The molecule has 0 bridgehead atoms. The average molecular weight is 262 g/mol. The predicted molar refractivity (Wildman–Crippen MR) is 74.0 cm³/mol. The van der Waals surface area contributed by atoms with E-state index < -0.39 is 0 Å². The summed E-state index contributed by atoms with van der Waals surface area (Å²) in [4.78, 5) is 11.4. The topological polar surface area (TPSA) is 48.7 Å². The molecule has 1 heterocycles. The molecule has 0 fully saturated rings. The zero-order valence-corrected chi connectivity index (χ0v) is 11.5. The van der Waals surface area contributed by atoms with Crippen molar-refractivity contribution in [3.05, 3.63) is 39.7 Å². The van der Waals surface area contributed by atoms with Crippen molar-refractivity contribution in [3.63, 3.8) is 0 Å². The predicted octanol–water partition coefficient (Wildman–Crippen LogP) is 2.69. The van der Waals surface area contributed by atoms with E-state index in [1.165, 1.54) is 6.07 Å². The maximum atomic E-state index is 11.4. The van der Waals surface area contributed by atoms with E-state index in [4.69, 9.17) is 13.9 Å². The number of aryl methyl sites for hydroxylation is 2. The lowest BCUT2D eigenvalue weighted by Crippen LogP contribution is -2.06. The molecule has 0 saturated carbocycles. The third-order valence-electron chi connectivity index (χ3n) is 3.06. The quantitative estimate of drug-likeness (QED) is 0.614. The molecule has 0 atom stereocenters. The molecule has 0 aliphatic carbocycles. The van der Waals surface area contributed by atoms with Crippen LogP contribution in [0.25, 0.3) is 11.0 Å². The lowest BCUT2D eigenvalue weighted by atomic mass is 10.1. The third kappa shape index (κ3) is 2.96. The van der Waals surface area contributed by atoms with E-state index in [0.717, 1.165) is 28.7 Å². The fourth-order valence-electron chi connectivity index (χ4n) is 2.04. The van der Waals surface area contributed by atoms with Crippen molar-refractivity contribution in [2.24, 2.45) is 0 Å². The number of fused-ring (bicyclic) bond motifs is 1. The fraction of sp³-hybridized carbons (Fsp3) is 0.400. The molecule has 2 aromatic rings. The van der Waals surface area contributed by atoms with Crippen molar-refractivity contribution < 1.29 is 13.9 Å². The van der Waals surface area contributed by atoms with Crippen LogP contribution in [0.5, 0.6) is 5.75 Å². The zero-order valence-electron chi connectivity index (χ0n) is 11.5. The summed E-state index contributed by atoms with van der Waals surface area (Å²) in [7, 11) is 1.63. The van der Waals surface area contributed by atoms with Crippen LogP contribution in [-0.2, 0) is 11.2 Å². The van der Waals surface area contributed by atoms with Crippen molar-refractivity contribution in [3.8, 4) is 5.75 Å². The van der Waals surface area contributed by atoms with E-state index in [9.17, 15) is 4.79 Å². The Labute approximate surface area is 111 Å². The Bertz CT molecular complexity index is 628. The molecule has 4 nitrogen and oxygen atoms in total. The van der Waals surface area contributed by atoms with Crippen molar-refractivity contribution in [2.75, 3.05) is 20.3 Å². The van der Waals surface area contributed by atoms with E-state index in [2.05, 4.69) is 6.92 Å². The van der Waals surface area contributed by atoms with Crippen LogP contribution in [-0.4, -0.2) is 20.3 Å². The van der Waals surface area contributed by atoms with Crippen LogP contribution in [0.4, 0.5) is 0 Å². The van der Waals surface area contributed by atoms with Crippen LogP contribution < -0.4 is 10.4 Å². The minimum atomic E-state index is -0.336. The van der Waals surface area contributed by atoms with Gasteiger partial charge in [0.15, 0.2) is 0 Å². The molecule has 0 N–H and O–H groups in total.